The number of piperidine rings is 1. The van der Waals surface area contributed by atoms with E-state index < -0.39 is 0 Å². The molecule has 6 nitrogen and oxygen atoms in total. The minimum Gasteiger partial charge on any atom is -0.495 e. The van der Waals surface area contributed by atoms with Gasteiger partial charge in [-0.25, -0.2) is 4.98 Å². The van der Waals surface area contributed by atoms with Crippen LogP contribution in [-0.2, 0) is 4.79 Å². The van der Waals surface area contributed by atoms with Gasteiger partial charge in [0.25, 0.3) is 5.56 Å². The molecule has 0 radical (unpaired) electrons. The van der Waals surface area contributed by atoms with E-state index in [0.29, 0.717) is 26.8 Å². The van der Waals surface area contributed by atoms with E-state index in [1.165, 1.54) is 29.5 Å². The minimum atomic E-state index is -0.123. The van der Waals surface area contributed by atoms with E-state index in [4.69, 9.17) is 9.72 Å². The van der Waals surface area contributed by atoms with Crippen molar-refractivity contribution in [3.8, 4) is 11.4 Å². The molecule has 8 heteroatoms. The van der Waals surface area contributed by atoms with Crippen molar-refractivity contribution in [3.63, 3.8) is 0 Å². The predicted molar refractivity (Wildman–Crippen MR) is 132 cm³/mol. The van der Waals surface area contributed by atoms with Crippen molar-refractivity contribution in [3.05, 3.63) is 44.6 Å². The number of aryl methyl sites for hydroxylation is 3. The molecule has 0 aliphatic carbocycles. The first-order valence-electron chi connectivity index (χ1n) is 10.9. The second-order valence-electron chi connectivity index (χ2n) is 8.39. The first-order chi connectivity index (χ1) is 15.3. The molecule has 0 bridgehead atoms. The fourth-order valence-corrected chi connectivity index (χ4v) is 6.20. The molecule has 2 aromatic heterocycles. The Kier molecular flexibility index (Phi) is 6.62. The van der Waals surface area contributed by atoms with Crippen LogP contribution >= 0.6 is 23.1 Å². The van der Waals surface area contributed by atoms with Gasteiger partial charge in [-0.15, -0.1) is 11.3 Å². The molecule has 1 aliphatic rings. The highest BCUT2D eigenvalue weighted by Gasteiger charge is 2.25. The van der Waals surface area contributed by atoms with E-state index >= 15 is 0 Å². The van der Waals surface area contributed by atoms with Gasteiger partial charge in [-0.1, -0.05) is 17.8 Å². The first-order valence-corrected chi connectivity index (χ1v) is 12.7. The number of hydrogen-bond donors (Lipinski definition) is 0. The van der Waals surface area contributed by atoms with Crippen LogP contribution in [0.4, 0.5) is 0 Å². The van der Waals surface area contributed by atoms with Crippen molar-refractivity contribution in [1.29, 1.82) is 0 Å². The molecule has 0 saturated carbocycles. The number of ether oxygens (including phenoxy) is 1. The molecule has 0 N–H and O–H groups in total. The van der Waals surface area contributed by atoms with Gasteiger partial charge in [0.2, 0.25) is 5.91 Å². The van der Waals surface area contributed by atoms with Crippen LogP contribution in [-0.4, -0.2) is 45.8 Å². The minimum absolute atomic E-state index is 0.0952. The zero-order valence-corrected chi connectivity index (χ0v) is 20.9. The number of likely N-dealkylation sites (tertiary alicyclic amines) is 1. The van der Waals surface area contributed by atoms with Crippen molar-refractivity contribution in [2.45, 2.75) is 58.2 Å². The average molecular weight is 472 g/mol. The van der Waals surface area contributed by atoms with Gasteiger partial charge in [-0.2, -0.15) is 0 Å². The van der Waals surface area contributed by atoms with Crippen LogP contribution in [0, 0.1) is 20.8 Å². The third-order valence-corrected chi connectivity index (χ3v) is 8.22. The van der Waals surface area contributed by atoms with Gasteiger partial charge >= 0.3 is 0 Å². The number of amides is 1. The van der Waals surface area contributed by atoms with Crippen molar-refractivity contribution < 1.29 is 9.53 Å². The monoisotopic (exact) mass is 471 g/mol. The number of fused-ring (bicyclic) bond motifs is 1. The Bertz CT molecular complexity index is 1230. The fourth-order valence-electron chi connectivity index (χ4n) is 4.24. The first kappa shape index (κ1) is 22.9. The van der Waals surface area contributed by atoms with E-state index in [-0.39, 0.29) is 23.3 Å². The number of carbonyl (C=O) groups excluding carboxylic acids is 1. The van der Waals surface area contributed by atoms with E-state index in [0.717, 1.165) is 35.4 Å². The highest BCUT2D eigenvalue weighted by molar-refractivity contribution is 7.99. The van der Waals surface area contributed by atoms with E-state index in [1.54, 1.807) is 11.7 Å². The molecular weight excluding hydrogens is 442 g/mol. The van der Waals surface area contributed by atoms with E-state index in [9.17, 15) is 9.59 Å². The lowest BCUT2D eigenvalue weighted by Gasteiger charge is -2.33. The summed E-state index contributed by atoms with van der Waals surface area (Å²) in [5.41, 5.74) is 2.50. The SMILES string of the molecule is COc1ccc(C)cc1-n1c(SCC(=O)N2CCCC[C@H]2C)nc2sc(C)c(C)c2c1=O. The lowest BCUT2D eigenvalue weighted by Crippen LogP contribution is -2.43. The molecular formula is C24H29N3O3S2. The maximum atomic E-state index is 13.7. The molecule has 1 aliphatic heterocycles. The molecule has 0 unspecified atom stereocenters. The number of aromatic nitrogens is 2. The van der Waals surface area contributed by atoms with Crippen molar-refractivity contribution >= 4 is 39.2 Å². The summed E-state index contributed by atoms with van der Waals surface area (Å²) >= 11 is 2.85. The summed E-state index contributed by atoms with van der Waals surface area (Å²) in [4.78, 5) is 35.3. The Hall–Kier alpha value is -2.32. The summed E-state index contributed by atoms with van der Waals surface area (Å²) in [6.07, 6.45) is 3.25. The van der Waals surface area contributed by atoms with Crippen LogP contribution in [0.3, 0.4) is 0 Å². The summed E-state index contributed by atoms with van der Waals surface area (Å²) < 4.78 is 7.19. The van der Waals surface area contributed by atoms with Crippen molar-refractivity contribution in [2.75, 3.05) is 19.4 Å². The van der Waals surface area contributed by atoms with Crippen LogP contribution in [0.1, 0.15) is 42.2 Å². The smallest absolute Gasteiger partial charge is 0.267 e. The Morgan fingerprint density at radius 1 is 1.28 bits per heavy atom. The Morgan fingerprint density at radius 2 is 2.06 bits per heavy atom. The third-order valence-electron chi connectivity index (χ3n) is 6.20. The standard InChI is InChI=1S/C24H29N3O3S2/c1-14-9-10-19(30-5)18(12-14)27-23(29)21-16(3)17(4)32-22(21)25-24(27)31-13-20(28)26-11-7-6-8-15(26)2/h9-10,12,15H,6-8,11,13H2,1-5H3/t15-/m1/s1. The fraction of sp³-hybridized carbons (Fsp3) is 0.458. The summed E-state index contributed by atoms with van der Waals surface area (Å²) in [5.74, 6) is 0.943. The molecule has 0 spiro atoms. The average Bonchev–Trinajstić information content (AvgIpc) is 3.06. The molecule has 1 aromatic carbocycles. The number of nitrogens with zero attached hydrogens (tertiary/aromatic N) is 3. The summed E-state index contributed by atoms with van der Waals surface area (Å²) in [6.45, 7) is 8.86. The topological polar surface area (TPSA) is 64.4 Å². The molecule has 1 saturated heterocycles. The number of benzene rings is 1. The van der Waals surface area contributed by atoms with Gasteiger partial charge < -0.3 is 9.64 Å². The van der Waals surface area contributed by atoms with Crippen LogP contribution in [0.25, 0.3) is 15.9 Å². The molecule has 3 heterocycles. The number of hydrogen-bond acceptors (Lipinski definition) is 6. The van der Waals surface area contributed by atoms with Gasteiger partial charge in [0.15, 0.2) is 5.16 Å². The predicted octanol–water partition coefficient (Wildman–Crippen LogP) is 4.87. The molecule has 32 heavy (non-hydrogen) atoms. The zero-order chi connectivity index (χ0) is 23.0. The largest absolute Gasteiger partial charge is 0.495 e. The Morgan fingerprint density at radius 3 is 2.78 bits per heavy atom. The number of methoxy groups -OCH3 is 1. The Labute approximate surface area is 196 Å². The highest BCUT2D eigenvalue weighted by Crippen LogP contribution is 2.32. The van der Waals surface area contributed by atoms with Crippen LogP contribution in [0.5, 0.6) is 5.75 Å². The summed E-state index contributed by atoms with van der Waals surface area (Å²) in [7, 11) is 1.60. The summed E-state index contributed by atoms with van der Waals surface area (Å²) in [5, 5.41) is 1.15. The molecule has 170 valence electrons. The third kappa shape index (κ3) is 4.18. The number of carbonyl (C=O) groups is 1. The molecule has 1 amide bonds. The van der Waals surface area contributed by atoms with Crippen molar-refractivity contribution in [1.82, 2.24) is 14.5 Å². The van der Waals surface area contributed by atoms with Gasteiger partial charge in [0.1, 0.15) is 10.6 Å². The number of thiophene rings is 1. The molecule has 3 aromatic rings. The van der Waals surface area contributed by atoms with E-state index in [2.05, 4.69) is 6.92 Å². The van der Waals surface area contributed by atoms with Gasteiger partial charge in [-0.3, -0.25) is 14.2 Å². The van der Waals surface area contributed by atoms with Crippen LogP contribution in [0.15, 0.2) is 28.2 Å². The molecule has 4 rings (SSSR count). The van der Waals surface area contributed by atoms with Crippen LogP contribution in [0.2, 0.25) is 0 Å². The number of rotatable bonds is 5. The lowest BCUT2D eigenvalue weighted by atomic mass is 10.0. The van der Waals surface area contributed by atoms with Crippen LogP contribution < -0.4 is 10.3 Å². The Balaban J connectivity index is 1.81. The normalized spacial score (nSPS) is 16.5. The van der Waals surface area contributed by atoms with Gasteiger partial charge in [-0.05, 0) is 70.2 Å². The zero-order valence-electron chi connectivity index (χ0n) is 19.2. The number of thioether (sulfide) groups is 1. The van der Waals surface area contributed by atoms with Gasteiger partial charge in [0, 0.05) is 17.5 Å². The quantitative estimate of drug-likeness (QED) is 0.392. The lowest BCUT2D eigenvalue weighted by molar-refractivity contribution is -0.131. The summed E-state index contributed by atoms with van der Waals surface area (Å²) in [6, 6.07) is 6.00. The van der Waals surface area contributed by atoms with Gasteiger partial charge in [0.05, 0.1) is 23.9 Å². The second kappa shape index (κ2) is 9.27. The van der Waals surface area contributed by atoms with E-state index in [1.807, 2.05) is 43.9 Å². The second-order valence-corrected chi connectivity index (χ2v) is 10.5. The highest BCUT2D eigenvalue weighted by atomic mass is 32.2. The maximum absolute atomic E-state index is 13.7. The molecule has 1 atom stereocenters. The molecule has 1 fully saturated rings. The van der Waals surface area contributed by atoms with Crippen molar-refractivity contribution in [2.24, 2.45) is 0 Å². The maximum Gasteiger partial charge on any atom is 0.267 e.